The van der Waals surface area contributed by atoms with E-state index in [0.717, 1.165) is 24.7 Å². The summed E-state index contributed by atoms with van der Waals surface area (Å²) in [6, 6.07) is 0. The monoisotopic (exact) mass is 286 g/mol. The standard InChI is InChI=1S/C17H38N2O/c1-15(2)8-12-19(13-9-16(3)4)11-7-6-10-17(5,18)14-20/h15-16,20H,6-14,18H2,1-5H3. The molecule has 0 aliphatic heterocycles. The molecule has 0 bridgehead atoms. The number of hydrogen-bond donors (Lipinski definition) is 2. The number of nitrogens with zero attached hydrogens (tertiary/aromatic N) is 1. The van der Waals surface area contributed by atoms with Gasteiger partial charge in [-0.15, -0.1) is 0 Å². The van der Waals surface area contributed by atoms with Crippen LogP contribution in [0.2, 0.25) is 0 Å². The maximum atomic E-state index is 9.16. The lowest BCUT2D eigenvalue weighted by Gasteiger charge is -2.25. The summed E-state index contributed by atoms with van der Waals surface area (Å²) < 4.78 is 0. The second-order valence-electron chi connectivity index (χ2n) is 7.48. The van der Waals surface area contributed by atoms with Crippen LogP contribution in [0.25, 0.3) is 0 Å². The molecule has 0 spiro atoms. The molecule has 0 aromatic heterocycles. The van der Waals surface area contributed by atoms with Crippen LogP contribution in [-0.4, -0.2) is 41.8 Å². The molecular weight excluding hydrogens is 248 g/mol. The van der Waals surface area contributed by atoms with E-state index >= 15 is 0 Å². The molecule has 0 fully saturated rings. The number of nitrogens with two attached hydrogens (primary N) is 1. The van der Waals surface area contributed by atoms with Crippen molar-refractivity contribution in [3.05, 3.63) is 0 Å². The van der Waals surface area contributed by atoms with Gasteiger partial charge < -0.3 is 15.7 Å². The molecule has 0 aliphatic rings. The lowest BCUT2D eigenvalue weighted by atomic mass is 9.97. The van der Waals surface area contributed by atoms with Gasteiger partial charge in [0.1, 0.15) is 0 Å². The Hall–Kier alpha value is -0.120. The second kappa shape index (κ2) is 10.6. The van der Waals surface area contributed by atoms with Crippen LogP contribution in [0.4, 0.5) is 0 Å². The van der Waals surface area contributed by atoms with Gasteiger partial charge in [-0.3, -0.25) is 0 Å². The van der Waals surface area contributed by atoms with Crippen LogP contribution < -0.4 is 5.73 Å². The summed E-state index contributed by atoms with van der Waals surface area (Å²) in [6.45, 7) is 14.8. The molecule has 0 saturated carbocycles. The van der Waals surface area contributed by atoms with Crippen molar-refractivity contribution in [1.82, 2.24) is 4.90 Å². The predicted molar refractivity (Wildman–Crippen MR) is 88.9 cm³/mol. The Bertz CT molecular complexity index is 215. The van der Waals surface area contributed by atoms with E-state index in [0.29, 0.717) is 0 Å². The Morgan fingerprint density at radius 3 is 1.85 bits per heavy atom. The van der Waals surface area contributed by atoms with Crippen molar-refractivity contribution in [1.29, 1.82) is 0 Å². The van der Waals surface area contributed by atoms with Gasteiger partial charge in [0.2, 0.25) is 0 Å². The highest BCUT2D eigenvalue weighted by atomic mass is 16.3. The van der Waals surface area contributed by atoms with E-state index in [-0.39, 0.29) is 6.61 Å². The first-order valence-corrected chi connectivity index (χ1v) is 8.39. The van der Waals surface area contributed by atoms with Crippen LogP contribution in [0.3, 0.4) is 0 Å². The third-order valence-electron chi connectivity index (χ3n) is 3.88. The largest absolute Gasteiger partial charge is 0.394 e. The van der Waals surface area contributed by atoms with Gasteiger partial charge in [0.25, 0.3) is 0 Å². The van der Waals surface area contributed by atoms with Crippen LogP contribution in [0.1, 0.15) is 66.7 Å². The minimum absolute atomic E-state index is 0.0808. The molecule has 3 N–H and O–H groups in total. The summed E-state index contributed by atoms with van der Waals surface area (Å²) in [7, 11) is 0. The first kappa shape index (κ1) is 19.9. The van der Waals surface area contributed by atoms with E-state index in [9.17, 15) is 0 Å². The third kappa shape index (κ3) is 11.7. The lowest BCUT2D eigenvalue weighted by molar-refractivity contribution is 0.191. The fraction of sp³-hybridized carbons (Fsp3) is 1.00. The van der Waals surface area contributed by atoms with E-state index in [1.807, 2.05) is 6.92 Å². The molecule has 1 unspecified atom stereocenters. The number of aliphatic hydroxyl groups is 1. The minimum atomic E-state index is -0.402. The topological polar surface area (TPSA) is 49.5 Å². The number of rotatable bonds is 12. The maximum absolute atomic E-state index is 9.16. The molecule has 3 nitrogen and oxygen atoms in total. The molecule has 0 amide bonds. The Morgan fingerprint density at radius 1 is 0.950 bits per heavy atom. The molecule has 0 radical (unpaired) electrons. The highest BCUT2D eigenvalue weighted by Gasteiger charge is 2.16. The van der Waals surface area contributed by atoms with Gasteiger partial charge in [0.15, 0.2) is 0 Å². The van der Waals surface area contributed by atoms with Gasteiger partial charge in [-0.2, -0.15) is 0 Å². The second-order valence-corrected chi connectivity index (χ2v) is 7.48. The zero-order valence-corrected chi connectivity index (χ0v) is 14.5. The predicted octanol–water partition coefficient (Wildman–Crippen LogP) is 3.26. The fourth-order valence-electron chi connectivity index (χ4n) is 2.16. The van der Waals surface area contributed by atoms with Crippen molar-refractivity contribution in [2.45, 2.75) is 72.3 Å². The number of aliphatic hydroxyl groups excluding tert-OH is 1. The summed E-state index contributed by atoms with van der Waals surface area (Å²) in [5, 5.41) is 9.16. The summed E-state index contributed by atoms with van der Waals surface area (Å²) in [6.07, 6.45) is 5.76. The summed E-state index contributed by atoms with van der Waals surface area (Å²) in [5.74, 6) is 1.55. The smallest absolute Gasteiger partial charge is 0.0608 e. The highest BCUT2D eigenvalue weighted by Crippen LogP contribution is 2.12. The molecule has 3 heteroatoms. The summed E-state index contributed by atoms with van der Waals surface area (Å²) in [5.41, 5.74) is 5.56. The number of hydrogen-bond acceptors (Lipinski definition) is 3. The van der Waals surface area contributed by atoms with Crippen molar-refractivity contribution in [3.8, 4) is 0 Å². The molecule has 20 heavy (non-hydrogen) atoms. The molecule has 0 rings (SSSR count). The third-order valence-corrected chi connectivity index (χ3v) is 3.88. The van der Waals surface area contributed by atoms with Gasteiger partial charge in [0.05, 0.1) is 6.61 Å². The normalized spacial score (nSPS) is 15.3. The summed E-state index contributed by atoms with van der Waals surface area (Å²) in [4.78, 5) is 2.60. The first-order chi connectivity index (χ1) is 9.26. The molecule has 0 saturated heterocycles. The Kier molecular flexibility index (Phi) is 10.5. The number of unbranched alkanes of at least 4 members (excludes halogenated alkanes) is 1. The zero-order chi connectivity index (χ0) is 15.6. The van der Waals surface area contributed by atoms with Gasteiger partial charge in [-0.25, -0.2) is 0 Å². The molecule has 1 atom stereocenters. The summed E-state index contributed by atoms with van der Waals surface area (Å²) >= 11 is 0. The Labute approximate surface area is 126 Å². The van der Waals surface area contributed by atoms with E-state index in [2.05, 4.69) is 32.6 Å². The molecule has 122 valence electrons. The Balaban J connectivity index is 3.95. The van der Waals surface area contributed by atoms with Crippen LogP contribution >= 0.6 is 0 Å². The molecule has 0 aromatic rings. The van der Waals surface area contributed by atoms with Crippen LogP contribution in [-0.2, 0) is 0 Å². The molecule has 0 heterocycles. The van der Waals surface area contributed by atoms with Gasteiger partial charge in [-0.05, 0) is 64.1 Å². The van der Waals surface area contributed by atoms with Crippen molar-refractivity contribution in [2.75, 3.05) is 26.2 Å². The lowest BCUT2D eigenvalue weighted by Crippen LogP contribution is -2.40. The van der Waals surface area contributed by atoms with Gasteiger partial charge in [0, 0.05) is 5.54 Å². The minimum Gasteiger partial charge on any atom is -0.394 e. The van der Waals surface area contributed by atoms with E-state index in [1.165, 1.54) is 38.9 Å². The van der Waals surface area contributed by atoms with Crippen LogP contribution in [0.15, 0.2) is 0 Å². The zero-order valence-electron chi connectivity index (χ0n) is 14.5. The average Bonchev–Trinajstić information content (AvgIpc) is 2.36. The molecule has 0 aromatic carbocycles. The van der Waals surface area contributed by atoms with Gasteiger partial charge >= 0.3 is 0 Å². The SMILES string of the molecule is CC(C)CCN(CCCCC(C)(N)CO)CCC(C)C. The van der Waals surface area contributed by atoms with Crippen LogP contribution in [0, 0.1) is 11.8 Å². The highest BCUT2D eigenvalue weighted by molar-refractivity contribution is 4.77. The first-order valence-electron chi connectivity index (χ1n) is 8.39. The Morgan fingerprint density at radius 2 is 1.45 bits per heavy atom. The van der Waals surface area contributed by atoms with E-state index in [1.54, 1.807) is 0 Å². The van der Waals surface area contributed by atoms with Gasteiger partial charge in [-0.1, -0.05) is 34.1 Å². The maximum Gasteiger partial charge on any atom is 0.0608 e. The van der Waals surface area contributed by atoms with Crippen molar-refractivity contribution in [3.63, 3.8) is 0 Å². The molecular formula is C17H38N2O. The van der Waals surface area contributed by atoms with Crippen molar-refractivity contribution in [2.24, 2.45) is 17.6 Å². The van der Waals surface area contributed by atoms with E-state index < -0.39 is 5.54 Å². The van der Waals surface area contributed by atoms with Crippen molar-refractivity contribution >= 4 is 0 Å². The quantitative estimate of drug-likeness (QED) is 0.541. The van der Waals surface area contributed by atoms with Crippen molar-refractivity contribution < 1.29 is 5.11 Å². The average molecular weight is 287 g/mol. The fourth-order valence-corrected chi connectivity index (χ4v) is 2.16. The van der Waals surface area contributed by atoms with Crippen LogP contribution in [0.5, 0.6) is 0 Å². The van der Waals surface area contributed by atoms with E-state index in [4.69, 9.17) is 10.8 Å². The molecule has 0 aliphatic carbocycles.